The SMILES string of the molecule is Cc1csc(CNCc2nnc3n2CCCC3)n1. The first-order valence-electron chi connectivity index (χ1n) is 6.35. The van der Waals surface area contributed by atoms with Gasteiger partial charge in [0, 0.05) is 30.6 Å². The lowest BCUT2D eigenvalue weighted by Crippen LogP contribution is -2.19. The van der Waals surface area contributed by atoms with Crippen LogP contribution in [0.3, 0.4) is 0 Å². The molecular weight excluding hydrogens is 246 g/mol. The number of aryl methyl sites for hydroxylation is 2. The summed E-state index contributed by atoms with van der Waals surface area (Å²) in [6, 6.07) is 0. The standard InChI is InChI=1S/C12H17N5S/c1-9-8-18-12(14-9)7-13-6-11-16-15-10-4-2-3-5-17(10)11/h8,13H,2-7H2,1H3. The molecule has 0 bridgehead atoms. The topological polar surface area (TPSA) is 55.6 Å². The van der Waals surface area contributed by atoms with E-state index in [-0.39, 0.29) is 0 Å². The molecule has 0 saturated heterocycles. The van der Waals surface area contributed by atoms with E-state index in [0.717, 1.165) is 48.4 Å². The molecule has 0 atom stereocenters. The third kappa shape index (κ3) is 2.44. The predicted molar refractivity (Wildman–Crippen MR) is 70.4 cm³/mol. The van der Waals surface area contributed by atoms with Crippen molar-refractivity contribution in [2.45, 2.75) is 45.8 Å². The predicted octanol–water partition coefficient (Wildman–Crippen LogP) is 1.67. The Kier molecular flexibility index (Phi) is 3.38. The number of thiazole rings is 1. The lowest BCUT2D eigenvalue weighted by Gasteiger charge is -2.14. The summed E-state index contributed by atoms with van der Waals surface area (Å²) < 4.78 is 2.25. The van der Waals surface area contributed by atoms with Crippen molar-refractivity contribution < 1.29 is 0 Å². The number of fused-ring (bicyclic) bond motifs is 1. The van der Waals surface area contributed by atoms with Crippen LogP contribution in [0.4, 0.5) is 0 Å². The van der Waals surface area contributed by atoms with Crippen molar-refractivity contribution in [3.63, 3.8) is 0 Å². The molecule has 0 saturated carbocycles. The molecule has 0 radical (unpaired) electrons. The average molecular weight is 263 g/mol. The van der Waals surface area contributed by atoms with Crippen LogP contribution >= 0.6 is 11.3 Å². The Hall–Kier alpha value is -1.27. The van der Waals surface area contributed by atoms with Gasteiger partial charge >= 0.3 is 0 Å². The van der Waals surface area contributed by atoms with Crippen LogP contribution < -0.4 is 5.32 Å². The third-order valence-corrected chi connectivity index (χ3v) is 4.13. The Balaban J connectivity index is 1.58. The second kappa shape index (κ2) is 5.16. The number of hydrogen-bond donors (Lipinski definition) is 1. The van der Waals surface area contributed by atoms with E-state index in [1.165, 1.54) is 12.8 Å². The maximum Gasteiger partial charge on any atom is 0.147 e. The minimum absolute atomic E-state index is 0.769. The molecular formula is C12H17N5S. The minimum atomic E-state index is 0.769. The first-order valence-corrected chi connectivity index (χ1v) is 7.23. The van der Waals surface area contributed by atoms with Crippen LogP contribution in [0.5, 0.6) is 0 Å². The van der Waals surface area contributed by atoms with Gasteiger partial charge in [0.05, 0.1) is 6.54 Å². The molecule has 0 spiro atoms. The van der Waals surface area contributed by atoms with Crippen molar-refractivity contribution in [2.24, 2.45) is 0 Å². The number of hydrogen-bond acceptors (Lipinski definition) is 5. The summed E-state index contributed by atoms with van der Waals surface area (Å²) in [6.45, 7) is 4.66. The summed E-state index contributed by atoms with van der Waals surface area (Å²) in [7, 11) is 0. The highest BCUT2D eigenvalue weighted by atomic mass is 32.1. The number of nitrogens with one attached hydrogen (secondary N) is 1. The van der Waals surface area contributed by atoms with E-state index in [1.807, 2.05) is 6.92 Å². The number of aromatic nitrogens is 4. The quantitative estimate of drug-likeness (QED) is 0.911. The summed E-state index contributed by atoms with van der Waals surface area (Å²) >= 11 is 1.70. The Morgan fingerprint density at radius 1 is 1.33 bits per heavy atom. The molecule has 2 aromatic rings. The molecule has 6 heteroatoms. The van der Waals surface area contributed by atoms with Gasteiger partial charge in [-0.2, -0.15) is 0 Å². The van der Waals surface area contributed by atoms with E-state index in [9.17, 15) is 0 Å². The molecule has 18 heavy (non-hydrogen) atoms. The van der Waals surface area contributed by atoms with E-state index in [4.69, 9.17) is 0 Å². The first-order chi connectivity index (χ1) is 8.83. The van der Waals surface area contributed by atoms with Crippen molar-refractivity contribution in [3.8, 4) is 0 Å². The van der Waals surface area contributed by atoms with Crippen molar-refractivity contribution >= 4 is 11.3 Å². The van der Waals surface area contributed by atoms with Crippen LogP contribution in [0, 0.1) is 6.92 Å². The lowest BCUT2D eigenvalue weighted by atomic mass is 10.2. The molecule has 96 valence electrons. The van der Waals surface area contributed by atoms with Crippen molar-refractivity contribution in [1.29, 1.82) is 0 Å². The highest BCUT2D eigenvalue weighted by molar-refractivity contribution is 7.09. The van der Waals surface area contributed by atoms with Gasteiger partial charge in [-0.15, -0.1) is 21.5 Å². The van der Waals surface area contributed by atoms with Gasteiger partial charge in [0.1, 0.15) is 16.7 Å². The maximum atomic E-state index is 4.43. The van der Waals surface area contributed by atoms with Gasteiger partial charge in [0.2, 0.25) is 0 Å². The highest BCUT2D eigenvalue weighted by Gasteiger charge is 2.15. The summed E-state index contributed by atoms with van der Waals surface area (Å²) in [5.74, 6) is 2.20. The smallest absolute Gasteiger partial charge is 0.147 e. The second-order valence-electron chi connectivity index (χ2n) is 4.63. The molecule has 2 aromatic heterocycles. The van der Waals surface area contributed by atoms with Gasteiger partial charge in [-0.1, -0.05) is 0 Å². The zero-order valence-electron chi connectivity index (χ0n) is 10.5. The largest absolute Gasteiger partial charge is 0.314 e. The zero-order chi connectivity index (χ0) is 12.4. The fourth-order valence-corrected chi connectivity index (χ4v) is 3.01. The molecule has 0 aliphatic carbocycles. The van der Waals surface area contributed by atoms with E-state index < -0.39 is 0 Å². The Morgan fingerprint density at radius 3 is 3.11 bits per heavy atom. The Morgan fingerprint density at radius 2 is 2.28 bits per heavy atom. The van der Waals surface area contributed by atoms with Gasteiger partial charge in [-0.3, -0.25) is 0 Å². The highest BCUT2D eigenvalue weighted by Crippen LogP contribution is 2.14. The van der Waals surface area contributed by atoms with E-state index in [2.05, 4.69) is 30.4 Å². The van der Waals surface area contributed by atoms with Crippen LogP contribution in [0.1, 0.15) is 35.2 Å². The summed E-state index contributed by atoms with van der Waals surface area (Å²) in [5.41, 5.74) is 1.09. The zero-order valence-corrected chi connectivity index (χ0v) is 11.3. The Bertz CT molecular complexity index is 530. The van der Waals surface area contributed by atoms with Gasteiger partial charge in [0.15, 0.2) is 0 Å². The van der Waals surface area contributed by atoms with Gasteiger partial charge in [0.25, 0.3) is 0 Å². The van der Waals surface area contributed by atoms with E-state index in [1.54, 1.807) is 11.3 Å². The second-order valence-corrected chi connectivity index (χ2v) is 5.57. The van der Waals surface area contributed by atoms with Crippen LogP contribution in [0.25, 0.3) is 0 Å². The van der Waals surface area contributed by atoms with E-state index >= 15 is 0 Å². The van der Waals surface area contributed by atoms with Crippen LogP contribution in [-0.2, 0) is 26.1 Å². The summed E-state index contributed by atoms with van der Waals surface area (Å²) in [6.07, 6.45) is 3.55. The molecule has 3 rings (SSSR count). The minimum Gasteiger partial charge on any atom is -0.314 e. The van der Waals surface area contributed by atoms with Crippen molar-refractivity contribution in [3.05, 3.63) is 27.7 Å². The molecule has 1 aliphatic rings. The van der Waals surface area contributed by atoms with Crippen LogP contribution in [0.15, 0.2) is 5.38 Å². The first kappa shape index (κ1) is 11.8. The van der Waals surface area contributed by atoms with E-state index in [0.29, 0.717) is 0 Å². The molecule has 1 aliphatic heterocycles. The molecule has 3 heterocycles. The summed E-state index contributed by atoms with van der Waals surface area (Å²) in [5, 5.41) is 15.1. The fourth-order valence-electron chi connectivity index (χ4n) is 2.26. The molecule has 5 nitrogen and oxygen atoms in total. The monoisotopic (exact) mass is 263 g/mol. The number of rotatable bonds is 4. The third-order valence-electron chi connectivity index (χ3n) is 3.16. The molecule has 0 aromatic carbocycles. The molecule has 0 amide bonds. The van der Waals surface area contributed by atoms with Gasteiger partial charge in [-0.25, -0.2) is 4.98 Å². The van der Waals surface area contributed by atoms with Crippen molar-refractivity contribution in [1.82, 2.24) is 25.1 Å². The fraction of sp³-hybridized carbons (Fsp3) is 0.583. The molecule has 0 unspecified atom stereocenters. The normalized spacial score (nSPS) is 14.7. The molecule has 0 fully saturated rings. The van der Waals surface area contributed by atoms with Gasteiger partial charge < -0.3 is 9.88 Å². The van der Waals surface area contributed by atoms with Crippen molar-refractivity contribution in [2.75, 3.05) is 0 Å². The maximum absolute atomic E-state index is 4.43. The number of nitrogens with zero attached hydrogens (tertiary/aromatic N) is 4. The Labute approximate surface area is 110 Å². The van der Waals surface area contributed by atoms with Crippen LogP contribution in [0.2, 0.25) is 0 Å². The lowest BCUT2D eigenvalue weighted by molar-refractivity contribution is 0.497. The van der Waals surface area contributed by atoms with Gasteiger partial charge in [-0.05, 0) is 19.8 Å². The van der Waals surface area contributed by atoms with Crippen LogP contribution in [-0.4, -0.2) is 19.7 Å². The summed E-state index contributed by atoms with van der Waals surface area (Å²) in [4.78, 5) is 4.43. The average Bonchev–Trinajstić information content (AvgIpc) is 2.97. The molecule has 1 N–H and O–H groups in total.